The van der Waals surface area contributed by atoms with E-state index in [0.29, 0.717) is 31.9 Å². The van der Waals surface area contributed by atoms with Crippen molar-refractivity contribution < 1.29 is 14.3 Å². The van der Waals surface area contributed by atoms with Crippen LogP contribution in [0.15, 0.2) is 60.9 Å². The first-order valence-corrected chi connectivity index (χ1v) is 9.53. The highest BCUT2D eigenvalue weighted by atomic mass is 19.1. The van der Waals surface area contributed by atoms with Crippen LogP contribution in [0.1, 0.15) is 22.3 Å². The summed E-state index contributed by atoms with van der Waals surface area (Å²) in [6.07, 6.45) is 0.722. The van der Waals surface area contributed by atoms with Crippen molar-refractivity contribution in [2.45, 2.75) is 12.6 Å². The van der Waals surface area contributed by atoms with Crippen LogP contribution < -0.4 is 4.90 Å². The van der Waals surface area contributed by atoms with Gasteiger partial charge in [0.15, 0.2) is 0 Å². The molecule has 4 rings (SSSR count). The van der Waals surface area contributed by atoms with E-state index in [4.69, 9.17) is 0 Å². The van der Waals surface area contributed by atoms with Crippen LogP contribution in [-0.2, 0) is 6.54 Å². The minimum absolute atomic E-state index is 0.101. The van der Waals surface area contributed by atoms with Gasteiger partial charge >= 0.3 is 0 Å². The number of carbonyl (C=O) groups excluding carboxylic acids is 1. The standard InChI is InChI=1S/C21H22FN5O2/c22-17-8-4-5-9-18(17)25-10-12-26(13-11-25)21(29)20-23-15-27(24-20)14-19(28)16-6-2-1-3-7-16/h1-9,15,19,28H,10-14H2. The normalized spacial score (nSPS) is 15.4. The average molecular weight is 395 g/mol. The summed E-state index contributed by atoms with van der Waals surface area (Å²) in [5, 5.41) is 14.5. The van der Waals surface area contributed by atoms with Gasteiger partial charge < -0.3 is 14.9 Å². The van der Waals surface area contributed by atoms with Gasteiger partial charge in [0.25, 0.3) is 5.91 Å². The summed E-state index contributed by atoms with van der Waals surface area (Å²) in [6.45, 7) is 2.23. The van der Waals surface area contributed by atoms with Crippen molar-refractivity contribution in [1.82, 2.24) is 19.7 Å². The molecule has 1 atom stereocenters. The maximum Gasteiger partial charge on any atom is 0.293 e. The fourth-order valence-corrected chi connectivity index (χ4v) is 3.44. The zero-order valence-electron chi connectivity index (χ0n) is 15.9. The molecule has 1 fully saturated rings. The van der Waals surface area contributed by atoms with Gasteiger partial charge in [0, 0.05) is 26.2 Å². The van der Waals surface area contributed by atoms with Crippen molar-refractivity contribution in [3.05, 3.63) is 78.1 Å². The molecule has 1 aromatic heterocycles. The van der Waals surface area contributed by atoms with Crippen LogP contribution in [0, 0.1) is 5.82 Å². The first-order valence-electron chi connectivity index (χ1n) is 9.53. The Morgan fingerprint density at radius 2 is 1.72 bits per heavy atom. The number of aromatic nitrogens is 3. The number of rotatable bonds is 5. The number of hydrogen-bond acceptors (Lipinski definition) is 5. The van der Waals surface area contributed by atoms with Crippen LogP contribution in [-0.4, -0.2) is 56.9 Å². The minimum atomic E-state index is -0.731. The largest absolute Gasteiger partial charge is 0.386 e. The first-order chi connectivity index (χ1) is 14.1. The van der Waals surface area contributed by atoms with E-state index in [-0.39, 0.29) is 24.1 Å². The van der Waals surface area contributed by atoms with Crippen molar-refractivity contribution in [1.29, 1.82) is 0 Å². The molecule has 1 amide bonds. The third-order valence-corrected chi connectivity index (χ3v) is 5.03. The Labute approximate surface area is 168 Å². The topological polar surface area (TPSA) is 74.5 Å². The molecule has 2 aromatic carbocycles. The molecule has 29 heavy (non-hydrogen) atoms. The lowest BCUT2D eigenvalue weighted by Gasteiger charge is -2.35. The summed E-state index contributed by atoms with van der Waals surface area (Å²) in [5.41, 5.74) is 1.33. The molecule has 8 heteroatoms. The van der Waals surface area contributed by atoms with Crippen LogP contribution in [0.3, 0.4) is 0 Å². The Hall–Kier alpha value is -3.26. The van der Waals surface area contributed by atoms with Crippen molar-refractivity contribution in [2.24, 2.45) is 0 Å². The summed E-state index contributed by atoms with van der Waals surface area (Å²) in [6, 6.07) is 15.9. The maximum atomic E-state index is 14.0. The van der Waals surface area contributed by atoms with Crippen molar-refractivity contribution in [2.75, 3.05) is 31.1 Å². The van der Waals surface area contributed by atoms with E-state index in [0.717, 1.165) is 5.56 Å². The van der Waals surface area contributed by atoms with Crippen LogP contribution in [0.2, 0.25) is 0 Å². The van der Waals surface area contributed by atoms with Gasteiger partial charge in [-0.25, -0.2) is 14.1 Å². The Morgan fingerprint density at radius 1 is 1.03 bits per heavy atom. The smallest absolute Gasteiger partial charge is 0.293 e. The van der Waals surface area contributed by atoms with Crippen LogP contribution in [0.5, 0.6) is 0 Å². The summed E-state index contributed by atoms with van der Waals surface area (Å²) in [4.78, 5) is 20.4. The van der Waals surface area contributed by atoms with Crippen molar-refractivity contribution in [3.63, 3.8) is 0 Å². The molecule has 7 nitrogen and oxygen atoms in total. The number of aliphatic hydroxyl groups excluding tert-OH is 1. The molecule has 1 aliphatic rings. The molecule has 1 unspecified atom stereocenters. The Balaban J connectivity index is 1.35. The number of anilines is 1. The number of para-hydroxylation sites is 1. The lowest BCUT2D eigenvalue weighted by Crippen LogP contribution is -2.49. The SMILES string of the molecule is O=C(c1ncn(CC(O)c2ccccc2)n1)N1CCN(c2ccccc2F)CC1. The number of benzene rings is 2. The molecule has 1 saturated heterocycles. The summed E-state index contributed by atoms with van der Waals surface area (Å²) >= 11 is 0. The van der Waals surface area contributed by atoms with Gasteiger partial charge in [-0.05, 0) is 17.7 Å². The number of piperazine rings is 1. The summed E-state index contributed by atoms with van der Waals surface area (Å²) in [5.74, 6) is -0.416. The summed E-state index contributed by atoms with van der Waals surface area (Å²) in [7, 11) is 0. The van der Waals surface area contributed by atoms with Gasteiger partial charge in [-0.3, -0.25) is 4.79 Å². The molecule has 0 saturated carbocycles. The fourth-order valence-electron chi connectivity index (χ4n) is 3.44. The highest BCUT2D eigenvalue weighted by Gasteiger charge is 2.26. The van der Waals surface area contributed by atoms with Crippen LogP contribution >= 0.6 is 0 Å². The molecule has 3 aromatic rings. The highest BCUT2D eigenvalue weighted by Crippen LogP contribution is 2.20. The molecule has 2 heterocycles. The molecule has 1 N–H and O–H groups in total. The van der Waals surface area contributed by atoms with Crippen LogP contribution in [0.25, 0.3) is 0 Å². The lowest BCUT2D eigenvalue weighted by molar-refractivity contribution is 0.0732. The fraction of sp³-hybridized carbons (Fsp3) is 0.286. The number of halogens is 1. The average Bonchev–Trinajstić information content (AvgIpc) is 3.23. The maximum absolute atomic E-state index is 14.0. The quantitative estimate of drug-likeness (QED) is 0.716. The molecule has 0 spiro atoms. The number of nitrogens with zero attached hydrogens (tertiary/aromatic N) is 5. The third-order valence-electron chi connectivity index (χ3n) is 5.03. The highest BCUT2D eigenvalue weighted by molar-refractivity contribution is 5.90. The van der Waals surface area contributed by atoms with E-state index < -0.39 is 6.10 Å². The second-order valence-corrected chi connectivity index (χ2v) is 6.95. The van der Waals surface area contributed by atoms with E-state index >= 15 is 0 Å². The van der Waals surface area contributed by atoms with Gasteiger partial charge in [-0.2, -0.15) is 0 Å². The number of aliphatic hydroxyl groups is 1. The molecule has 150 valence electrons. The molecule has 1 aliphatic heterocycles. The zero-order valence-corrected chi connectivity index (χ0v) is 15.9. The third kappa shape index (κ3) is 4.27. The predicted molar refractivity (Wildman–Crippen MR) is 106 cm³/mol. The van der Waals surface area contributed by atoms with E-state index in [1.165, 1.54) is 17.1 Å². The molecular weight excluding hydrogens is 373 g/mol. The predicted octanol–water partition coefficient (Wildman–Crippen LogP) is 2.11. The lowest BCUT2D eigenvalue weighted by atomic mass is 10.1. The van der Waals surface area contributed by atoms with E-state index in [1.54, 1.807) is 23.1 Å². The molecular formula is C21H22FN5O2. The Bertz CT molecular complexity index is 970. The Kier molecular flexibility index (Phi) is 5.53. The zero-order chi connectivity index (χ0) is 20.2. The van der Waals surface area contributed by atoms with Gasteiger partial charge in [-0.15, -0.1) is 5.10 Å². The van der Waals surface area contributed by atoms with Crippen molar-refractivity contribution >= 4 is 11.6 Å². The van der Waals surface area contributed by atoms with E-state index in [2.05, 4.69) is 10.1 Å². The van der Waals surface area contributed by atoms with E-state index in [9.17, 15) is 14.3 Å². The van der Waals surface area contributed by atoms with Gasteiger partial charge in [-0.1, -0.05) is 42.5 Å². The van der Waals surface area contributed by atoms with E-state index in [1.807, 2.05) is 35.2 Å². The molecule has 0 radical (unpaired) electrons. The first kappa shape index (κ1) is 19.1. The van der Waals surface area contributed by atoms with Crippen LogP contribution in [0.4, 0.5) is 10.1 Å². The second-order valence-electron chi connectivity index (χ2n) is 6.95. The number of hydrogen-bond donors (Lipinski definition) is 1. The second kappa shape index (κ2) is 8.40. The minimum Gasteiger partial charge on any atom is -0.386 e. The Morgan fingerprint density at radius 3 is 2.45 bits per heavy atom. The van der Waals surface area contributed by atoms with Crippen molar-refractivity contribution in [3.8, 4) is 0 Å². The van der Waals surface area contributed by atoms with Gasteiger partial charge in [0.05, 0.1) is 18.3 Å². The molecule has 0 bridgehead atoms. The van der Waals surface area contributed by atoms with Gasteiger partial charge in [0.2, 0.25) is 5.82 Å². The summed E-state index contributed by atoms with van der Waals surface area (Å²) < 4.78 is 15.4. The molecule has 0 aliphatic carbocycles. The number of amides is 1. The van der Waals surface area contributed by atoms with Gasteiger partial charge in [0.1, 0.15) is 12.1 Å². The monoisotopic (exact) mass is 395 g/mol. The number of carbonyl (C=O) groups is 1.